The van der Waals surface area contributed by atoms with Gasteiger partial charge < -0.3 is 14.6 Å². The van der Waals surface area contributed by atoms with Crippen LogP contribution in [0.15, 0.2) is 0 Å². The van der Waals surface area contributed by atoms with Gasteiger partial charge in [-0.1, -0.05) is 6.92 Å². The predicted octanol–water partition coefficient (Wildman–Crippen LogP) is -1.34. The summed E-state index contributed by atoms with van der Waals surface area (Å²) >= 11 is 0. The second-order valence-electron chi connectivity index (χ2n) is 2.60. The van der Waals surface area contributed by atoms with Gasteiger partial charge in [-0.05, 0) is 6.42 Å². The van der Waals surface area contributed by atoms with Crippen molar-refractivity contribution in [3.8, 4) is 0 Å². The van der Waals surface area contributed by atoms with Crippen molar-refractivity contribution in [1.82, 2.24) is 0 Å². The molecule has 0 saturated carbocycles. The summed E-state index contributed by atoms with van der Waals surface area (Å²) in [4.78, 5) is 0. The topological polar surface area (TPSA) is 49.7 Å². The Balaban J connectivity index is 3.87. The molecule has 0 rings (SSSR count). The molecule has 0 aromatic rings. The van der Waals surface area contributed by atoms with Gasteiger partial charge in [0.25, 0.3) is 0 Å². The molecule has 0 spiro atoms. The first-order chi connectivity index (χ1) is 4.74. The van der Waals surface area contributed by atoms with Gasteiger partial charge in [0.2, 0.25) is 0 Å². The number of rotatable bonds is 5. The Kier molecular flexibility index (Phi) is 4.89. The predicted molar refractivity (Wildman–Crippen MR) is 42.8 cm³/mol. The lowest BCUT2D eigenvalue weighted by atomic mass is 9.88. The number of hydrogen-bond acceptors (Lipinski definition) is 3. The van der Waals surface area contributed by atoms with E-state index in [1.54, 1.807) is 0 Å². The van der Waals surface area contributed by atoms with Crippen molar-refractivity contribution in [3.05, 3.63) is 0 Å². The summed E-state index contributed by atoms with van der Waals surface area (Å²) in [7, 11) is 0.661. The second-order valence-corrected chi connectivity index (χ2v) is 3.18. The molecule has 0 fully saturated rings. The van der Waals surface area contributed by atoms with E-state index in [1.165, 1.54) is 0 Å². The van der Waals surface area contributed by atoms with Crippen LogP contribution in [0.5, 0.6) is 0 Å². The van der Waals surface area contributed by atoms with Crippen molar-refractivity contribution < 1.29 is 14.6 Å². The van der Waals surface area contributed by atoms with E-state index in [0.29, 0.717) is 17.1 Å². The van der Waals surface area contributed by atoms with Gasteiger partial charge in [-0.25, -0.2) is 0 Å². The third-order valence-electron chi connectivity index (χ3n) is 1.87. The Bertz CT molecular complexity index is 74.8. The normalized spacial score (nSPS) is 12.3. The van der Waals surface area contributed by atoms with Crippen LogP contribution in [0, 0.1) is 5.41 Å². The molecule has 62 valence electrons. The first kappa shape index (κ1) is 10.1. The van der Waals surface area contributed by atoms with Gasteiger partial charge in [0.05, 0.1) is 13.2 Å². The Morgan fingerprint density at radius 3 is 2.00 bits per heavy atom. The molecule has 0 heterocycles. The summed E-state index contributed by atoms with van der Waals surface area (Å²) in [6.45, 7) is 2.42. The van der Waals surface area contributed by atoms with E-state index in [4.69, 9.17) is 14.6 Å². The molecule has 0 aliphatic heterocycles. The fourth-order valence-electron chi connectivity index (χ4n) is 0.773. The highest BCUT2D eigenvalue weighted by Gasteiger charge is 2.25. The largest absolute Gasteiger partial charge is 0.427 e. The lowest BCUT2D eigenvalue weighted by molar-refractivity contribution is 0.0138. The monoisotopic (exact) mass is 164 g/mol. The molecule has 0 amide bonds. The highest BCUT2D eigenvalue weighted by atomic mass is 28.2. The molecule has 3 nitrogen and oxygen atoms in total. The van der Waals surface area contributed by atoms with Crippen LogP contribution in [-0.4, -0.2) is 40.5 Å². The fraction of sp³-hybridized carbons (Fsp3) is 1.00. The second kappa shape index (κ2) is 4.84. The fourth-order valence-corrected chi connectivity index (χ4v) is 1.39. The van der Waals surface area contributed by atoms with Crippen LogP contribution in [0.3, 0.4) is 0 Å². The quantitative estimate of drug-likeness (QED) is 0.495. The van der Waals surface area contributed by atoms with E-state index >= 15 is 0 Å². The van der Waals surface area contributed by atoms with Gasteiger partial charge in [0.1, 0.15) is 10.5 Å². The van der Waals surface area contributed by atoms with Gasteiger partial charge in [-0.15, -0.1) is 0 Å². The first-order valence-electron chi connectivity index (χ1n) is 3.45. The summed E-state index contributed by atoms with van der Waals surface area (Å²) in [5.41, 5.74) is -0.401. The molecule has 2 N–H and O–H groups in total. The minimum absolute atomic E-state index is 0.00222. The van der Waals surface area contributed by atoms with E-state index in [2.05, 4.69) is 0 Å². The minimum Gasteiger partial charge on any atom is -0.427 e. The zero-order valence-electron chi connectivity index (χ0n) is 6.63. The van der Waals surface area contributed by atoms with Crippen LogP contribution >= 0.6 is 0 Å². The van der Waals surface area contributed by atoms with Gasteiger partial charge in [-0.2, -0.15) is 0 Å². The maximum atomic E-state index is 8.88. The Hall–Kier alpha value is 0.0969. The number of aliphatic hydroxyl groups is 2. The van der Waals surface area contributed by atoms with Crippen LogP contribution in [0.2, 0.25) is 0 Å². The van der Waals surface area contributed by atoms with Crippen LogP contribution in [-0.2, 0) is 4.43 Å². The van der Waals surface area contributed by atoms with Gasteiger partial charge in [-0.3, -0.25) is 0 Å². The molecule has 0 aliphatic carbocycles. The zero-order valence-corrected chi connectivity index (χ0v) is 8.63. The van der Waals surface area contributed by atoms with Crippen molar-refractivity contribution >= 4 is 10.5 Å². The van der Waals surface area contributed by atoms with Crippen LogP contribution in [0.4, 0.5) is 0 Å². The van der Waals surface area contributed by atoms with E-state index in [1.807, 2.05) is 6.92 Å². The van der Waals surface area contributed by atoms with Crippen LogP contribution in [0.1, 0.15) is 13.3 Å². The van der Waals surface area contributed by atoms with Crippen molar-refractivity contribution in [2.75, 3.05) is 19.8 Å². The lowest BCUT2D eigenvalue weighted by Gasteiger charge is -2.27. The van der Waals surface area contributed by atoms with Gasteiger partial charge in [0.15, 0.2) is 0 Å². The average molecular weight is 164 g/mol. The highest BCUT2D eigenvalue weighted by Crippen LogP contribution is 2.19. The summed E-state index contributed by atoms with van der Waals surface area (Å²) < 4.78 is 5.00. The smallest absolute Gasteiger partial charge is 0.145 e. The maximum absolute atomic E-state index is 8.88. The summed E-state index contributed by atoms with van der Waals surface area (Å²) in [5.74, 6) is 0. The van der Waals surface area contributed by atoms with Gasteiger partial charge in [0, 0.05) is 12.0 Å². The SMILES string of the molecule is CCC(CO)(CO)CO[SiH3]. The minimum atomic E-state index is -0.401. The molecule has 0 atom stereocenters. The van der Waals surface area contributed by atoms with E-state index < -0.39 is 5.41 Å². The number of hydrogen-bond donors (Lipinski definition) is 2. The summed E-state index contributed by atoms with van der Waals surface area (Å²) in [6.07, 6.45) is 0.752. The molecule has 0 aromatic carbocycles. The Morgan fingerprint density at radius 1 is 1.40 bits per heavy atom. The maximum Gasteiger partial charge on any atom is 0.145 e. The van der Waals surface area contributed by atoms with Crippen molar-refractivity contribution in [3.63, 3.8) is 0 Å². The van der Waals surface area contributed by atoms with Crippen molar-refractivity contribution in [1.29, 1.82) is 0 Å². The summed E-state index contributed by atoms with van der Waals surface area (Å²) in [5, 5.41) is 17.8. The van der Waals surface area contributed by atoms with Gasteiger partial charge >= 0.3 is 0 Å². The van der Waals surface area contributed by atoms with E-state index in [0.717, 1.165) is 6.42 Å². The highest BCUT2D eigenvalue weighted by molar-refractivity contribution is 5.97. The Labute approximate surface area is 64.6 Å². The molecule has 0 saturated heterocycles. The van der Waals surface area contributed by atoms with Crippen molar-refractivity contribution in [2.24, 2.45) is 5.41 Å². The molecule has 4 heteroatoms. The molecular weight excluding hydrogens is 148 g/mol. The molecule has 0 aliphatic rings. The van der Waals surface area contributed by atoms with E-state index in [-0.39, 0.29) is 13.2 Å². The summed E-state index contributed by atoms with van der Waals surface area (Å²) in [6, 6.07) is 0. The molecule has 0 bridgehead atoms. The lowest BCUT2D eigenvalue weighted by Crippen LogP contribution is -2.34. The number of aliphatic hydroxyl groups excluding tert-OH is 2. The van der Waals surface area contributed by atoms with Crippen LogP contribution in [0.25, 0.3) is 0 Å². The van der Waals surface area contributed by atoms with Crippen LogP contribution < -0.4 is 0 Å². The zero-order chi connectivity index (χ0) is 8.04. The van der Waals surface area contributed by atoms with E-state index in [9.17, 15) is 0 Å². The standard InChI is InChI=1S/C6H16O3Si/c1-2-6(3-7,4-8)5-9-10/h7-8H,2-5H2,1,10H3. The first-order valence-corrected chi connectivity index (χ1v) is 4.27. The Morgan fingerprint density at radius 2 is 1.90 bits per heavy atom. The molecule has 0 radical (unpaired) electrons. The third kappa shape index (κ3) is 2.38. The molecule has 0 aromatic heterocycles. The molecule has 10 heavy (non-hydrogen) atoms. The molecular formula is C6H16O3Si. The third-order valence-corrected chi connectivity index (χ3v) is 2.16. The average Bonchev–Trinajstić information content (AvgIpc) is 2.01. The molecule has 0 unspecified atom stereocenters. The van der Waals surface area contributed by atoms with Crippen molar-refractivity contribution in [2.45, 2.75) is 13.3 Å².